The van der Waals surface area contributed by atoms with Gasteiger partial charge in [0.05, 0.1) is 20.3 Å². The fourth-order valence-electron chi connectivity index (χ4n) is 5.22. The second-order valence-electron chi connectivity index (χ2n) is 10.2. The highest BCUT2D eigenvalue weighted by Gasteiger charge is 2.16. The monoisotopic (exact) mass is 571 g/mol. The van der Waals surface area contributed by atoms with Crippen molar-refractivity contribution in [3.8, 4) is 17.1 Å². The maximum absolute atomic E-state index is 12.9. The van der Waals surface area contributed by atoms with E-state index in [0.29, 0.717) is 28.5 Å². The SMILES string of the molecule is COc1ccc(-c2nnc3c4ccccc4c(Nc4ccc(NC(=O)c5ccc(N6CCOCC6)cc5)cc4)nn23)cc1. The fourth-order valence-corrected chi connectivity index (χ4v) is 5.22. The molecule has 7 rings (SSSR count). The number of methoxy groups -OCH3 is 1. The van der Waals surface area contributed by atoms with E-state index < -0.39 is 0 Å². The highest BCUT2D eigenvalue weighted by Crippen LogP contribution is 2.30. The van der Waals surface area contributed by atoms with Gasteiger partial charge in [0.2, 0.25) is 0 Å². The van der Waals surface area contributed by atoms with E-state index in [1.165, 1.54) is 0 Å². The normalized spacial score (nSPS) is 13.3. The Morgan fingerprint density at radius 1 is 0.814 bits per heavy atom. The topological polar surface area (TPSA) is 106 Å². The van der Waals surface area contributed by atoms with E-state index >= 15 is 0 Å². The van der Waals surface area contributed by atoms with Crippen LogP contribution in [0.2, 0.25) is 0 Å². The van der Waals surface area contributed by atoms with E-state index in [1.807, 2.05) is 97.1 Å². The average molecular weight is 572 g/mol. The van der Waals surface area contributed by atoms with Crippen LogP contribution in [0.3, 0.4) is 0 Å². The van der Waals surface area contributed by atoms with Crippen LogP contribution in [0.25, 0.3) is 27.8 Å². The van der Waals surface area contributed by atoms with Crippen molar-refractivity contribution >= 4 is 45.2 Å². The quantitative estimate of drug-likeness (QED) is 0.248. The van der Waals surface area contributed by atoms with Crippen LogP contribution in [0.15, 0.2) is 97.1 Å². The van der Waals surface area contributed by atoms with Crippen LogP contribution in [0.1, 0.15) is 10.4 Å². The molecule has 0 radical (unpaired) electrons. The number of anilines is 4. The molecule has 2 aromatic heterocycles. The number of amides is 1. The molecule has 1 fully saturated rings. The number of rotatable bonds is 7. The lowest BCUT2D eigenvalue weighted by molar-refractivity contribution is 0.102. The van der Waals surface area contributed by atoms with E-state index in [2.05, 4.69) is 25.7 Å². The van der Waals surface area contributed by atoms with E-state index in [1.54, 1.807) is 11.6 Å². The van der Waals surface area contributed by atoms with Gasteiger partial charge < -0.3 is 25.0 Å². The average Bonchev–Trinajstić information content (AvgIpc) is 3.50. The van der Waals surface area contributed by atoms with Crippen LogP contribution in [0.5, 0.6) is 5.75 Å². The van der Waals surface area contributed by atoms with Crippen molar-refractivity contribution in [1.82, 2.24) is 19.8 Å². The predicted octanol–water partition coefficient (Wildman–Crippen LogP) is 5.79. The highest BCUT2D eigenvalue weighted by molar-refractivity contribution is 6.04. The lowest BCUT2D eigenvalue weighted by Crippen LogP contribution is -2.36. The van der Waals surface area contributed by atoms with E-state index in [-0.39, 0.29) is 5.91 Å². The minimum Gasteiger partial charge on any atom is -0.497 e. The van der Waals surface area contributed by atoms with Gasteiger partial charge in [0, 0.05) is 52.1 Å². The molecule has 0 atom stereocenters. The molecule has 4 aromatic carbocycles. The summed E-state index contributed by atoms with van der Waals surface area (Å²) in [6, 6.07) is 30.8. The minimum atomic E-state index is -0.161. The Balaban J connectivity index is 1.11. The third-order valence-corrected chi connectivity index (χ3v) is 7.52. The zero-order valence-corrected chi connectivity index (χ0v) is 23.5. The third-order valence-electron chi connectivity index (χ3n) is 7.52. The molecule has 6 aromatic rings. The minimum absolute atomic E-state index is 0.161. The van der Waals surface area contributed by atoms with Gasteiger partial charge in [-0.15, -0.1) is 15.3 Å². The van der Waals surface area contributed by atoms with Crippen molar-refractivity contribution in [3.05, 3.63) is 103 Å². The fraction of sp³-hybridized carbons (Fsp3) is 0.152. The molecular formula is C33H29N7O3. The highest BCUT2D eigenvalue weighted by atomic mass is 16.5. The van der Waals surface area contributed by atoms with Crippen LogP contribution in [-0.2, 0) is 4.74 Å². The van der Waals surface area contributed by atoms with Crippen LogP contribution in [-0.4, -0.2) is 59.1 Å². The van der Waals surface area contributed by atoms with Gasteiger partial charge in [-0.05, 0) is 72.8 Å². The smallest absolute Gasteiger partial charge is 0.255 e. The zero-order valence-electron chi connectivity index (χ0n) is 23.5. The summed E-state index contributed by atoms with van der Waals surface area (Å²) in [6.45, 7) is 3.15. The molecule has 2 N–H and O–H groups in total. The van der Waals surface area contributed by atoms with Gasteiger partial charge in [-0.3, -0.25) is 4.79 Å². The maximum Gasteiger partial charge on any atom is 0.255 e. The summed E-state index contributed by atoms with van der Waals surface area (Å²) >= 11 is 0. The standard InChI is InChI=1S/C33H29N7O3/c1-42-27-16-8-22(9-17-27)31-36-37-32-29-5-3-2-4-28(29)30(38-40(31)32)34-24-10-12-25(13-11-24)35-33(41)23-6-14-26(15-7-23)39-18-20-43-21-19-39/h2-17H,18-21H2,1H3,(H,34,38)(H,35,41). The Kier molecular flexibility index (Phi) is 7.02. The first-order valence-electron chi connectivity index (χ1n) is 14.1. The summed E-state index contributed by atoms with van der Waals surface area (Å²) in [4.78, 5) is 15.2. The number of carbonyl (C=O) groups excluding carboxylic acids is 1. The Morgan fingerprint density at radius 3 is 2.23 bits per heavy atom. The summed E-state index contributed by atoms with van der Waals surface area (Å²) in [5.74, 6) is 1.89. The van der Waals surface area contributed by atoms with Crippen molar-refractivity contribution in [2.24, 2.45) is 0 Å². The van der Waals surface area contributed by atoms with Crippen molar-refractivity contribution in [1.29, 1.82) is 0 Å². The number of hydrogen-bond acceptors (Lipinski definition) is 8. The maximum atomic E-state index is 12.9. The molecule has 1 aliphatic heterocycles. The molecule has 0 aliphatic carbocycles. The van der Waals surface area contributed by atoms with Gasteiger partial charge in [-0.1, -0.05) is 24.3 Å². The van der Waals surface area contributed by atoms with Gasteiger partial charge in [0.25, 0.3) is 5.91 Å². The first-order valence-corrected chi connectivity index (χ1v) is 14.1. The van der Waals surface area contributed by atoms with Gasteiger partial charge in [0.15, 0.2) is 17.3 Å². The third kappa shape index (κ3) is 5.31. The second kappa shape index (κ2) is 11.4. The van der Waals surface area contributed by atoms with E-state index in [4.69, 9.17) is 14.6 Å². The summed E-state index contributed by atoms with van der Waals surface area (Å²) in [7, 11) is 1.64. The zero-order chi connectivity index (χ0) is 29.2. The summed E-state index contributed by atoms with van der Waals surface area (Å²) in [5.41, 5.74) is 4.76. The van der Waals surface area contributed by atoms with Gasteiger partial charge in [-0.25, -0.2) is 0 Å². The Bertz CT molecular complexity index is 1900. The lowest BCUT2D eigenvalue weighted by Gasteiger charge is -2.28. The molecule has 1 aliphatic rings. The number of aromatic nitrogens is 4. The Morgan fingerprint density at radius 2 is 1.51 bits per heavy atom. The molecule has 10 heteroatoms. The molecular weight excluding hydrogens is 542 g/mol. The van der Waals surface area contributed by atoms with Crippen molar-refractivity contribution in [3.63, 3.8) is 0 Å². The molecule has 1 amide bonds. The molecule has 3 heterocycles. The summed E-state index contributed by atoms with van der Waals surface area (Å²) in [5, 5.41) is 22.1. The number of nitrogens with zero attached hydrogens (tertiary/aromatic N) is 5. The molecule has 43 heavy (non-hydrogen) atoms. The second-order valence-corrected chi connectivity index (χ2v) is 10.2. The van der Waals surface area contributed by atoms with Crippen LogP contribution in [0, 0.1) is 0 Å². The number of hydrogen-bond donors (Lipinski definition) is 2. The number of ether oxygens (including phenoxy) is 2. The van der Waals surface area contributed by atoms with E-state index in [0.717, 1.165) is 59.8 Å². The molecule has 0 unspecified atom stereocenters. The molecule has 10 nitrogen and oxygen atoms in total. The molecule has 214 valence electrons. The molecule has 0 bridgehead atoms. The van der Waals surface area contributed by atoms with Crippen LogP contribution < -0.4 is 20.3 Å². The number of fused-ring (bicyclic) bond motifs is 3. The molecule has 1 saturated heterocycles. The van der Waals surface area contributed by atoms with Crippen molar-refractivity contribution < 1.29 is 14.3 Å². The lowest BCUT2D eigenvalue weighted by atomic mass is 10.1. The van der Waals surface area contributed by atoms with Gasteiger partial charge in [0.1, 0.15) is 5.75 Å². The molecule has 0 saturated carbocycles. The summed E-state index contributed by atoms with van der Waals surface area (Å²) < 4.78 is 12.5. The summed E-state index contributed by atoms with van der Waals surface area (Å²) in [6.07, 6.45) is 0. The van der Waals surface area contributed by atoms with Crippen LogP contribution in [0.4, 0.5) is 22.9 Å². The largest absolute Gasteiger partial charge is 0.497 e. The number of carbonyl (C=O) groups is 1. The Labute approximate surface area is 247 Å². The van der Waals surface area contributed by atoms with Crippen molar-refractivity contribution in [2.75, 3.05) is 48.9 Å². The van der Waals surface area contributed by atoms with Crippen molar-refractivity contribution in [2.45, 2.75) is 0 Å². The van der Waals surface area contributed by atoms with E-state index in [9.17, 15) is 4.79 Å². The Hall–Kier alpha value is -5.48. The first kappa shape index (κ1) is 26.4. The number of morpholine rings is 1. The van der Waals surface area contributed by atoms with Gasteiger partial charge >= 0.3 is 0 Å². The first-order chi connectivity index (χ1) is 21.2. The van der Waals surface area contributed by atoms with Gasteiger partial charge in [-0.2, -0.15) is 4.52 Å². The number of nitrogens with one attached hydrogen (secondary N) is 2. The van der Waals surface area contributed by atoms with Crippen LogP contribution >= 0.6 is 0 Å². The molecule has 0 spiro atoms. The number of benzene rings is 4. The predicted molar refractivity (Wildman–Crippen MR) is 167 cm³/mol.